The first-order valence-electron chi connectivity index (χ1n) is 7.35. The van der Waals surface area contributed by atoms with Gasteiger partial charge in [0.05, 0.1) is 27.8 Å². The molecule has 0 spiro atoms. The van der Waals surface area contributed by atoms with Crippen molar-refractivity contribution in [1.82, 2.24) is 9.78 Å². The van der Waals surface area contributed by atoms with E-state index in [9.17, 15) is 4.79 Å². The second-order valence-electron chi connectivity index (χ2n) is 5.38. The molecule has 4 nitrogen and oxygen atoms in total. The number of carbonyl (C=O) groups excluding carboxylic acids is 1. The molecule has 0 aliphatic carbocycles. The van der Waals surface area contributed by atoms with Gasteiger partial charge in [-0.25, -0.2) is 4.68 Å². The zero-order valence-corrected chi connectivity index (χ0v) is 15.5. The van der Waals surface area contributed by atoms with Crippen molar-refractivity contribution in [2.75, 3.05) is 5.32 Å². The van der Waals surface area contributed by atoms with Crippen molar-refractivity contribution in [3.63, 3.8) is 0 Å². The van der Waals surface area contributed by atoms with Gasteiger partial charge in [-0.2, -0.15) is 5.10 Å². The van der Waals surface area contributed by atoms with Gasteiger partial charge in [0.2, 0.25) is 0 Å². The number of nitrogens with one attached hydrogen (secondary N) is 1. The molecule has 0 aliphatic heterocycles. The standard InChI is InChI=1S/C18H15BrClN3O/c1-11-17(20)12(2)23(22-11)14-9-7-13(8-10-14)18(24)21-16-6-4-3-5-15(16)19/h3-10H,1-2H3,(H,21,24). The van der Waals surface area contributed by atoms with E-state index in [1.165, 1.54) is 0 Å². The van der Waals surface area contributed by atoms with Crippen molar-refractivity contribution in [3.05, 3.63) is 75.0 Å². The fraction of sp³-hybridized carbons (Fsp3) is 0.111. The molecule has 0 aliphatic rings. The second kappa shape index (κ2) is 6.79. The highest BCUT2D eigenvalue weighted by Crippen LogP contribution is 2.24. The van der Waals surface area contributed by atoms with E-state index in [1.807, 2.05) is 50.2 Å². The molecule has 24 heavy (non-hydrogen) atoms. The van der Waals surface area contributed by atoms with Crippen molar-refractivity contribution >= 4 is 39.1 Å². The molecule has 1 aromatic heterocycles. The van der Waals surface area contributed by atoms with E-state index in [1.54, 1.807) is 16.8 Å². The third-order valence-electron chi connectivity index (χ3n) is 3.70. The summed E-state index contributed by atoms with van der Waals surface area (Å²) in [6, 6.07) is 14.7. The maximum atomic E-state index is 12.4. The Hall–Kier alpha value is -2.11. The molecule has 6 heteroatoms. The van der Waals surface area contributed by atoms with Crippen LogP contribution < -0.4 is 5.32 Å². The molecule has 122 valence electrons. The maximum Gasteiger partial charge on any atom is 0.255 e. The Bertz CT molecular complexity index is 903. The number of para-hydroxylation sites is 1. The summed E-state index contributed by atoms with van der Waals surface area (Å²) in [6.45, 7) is 3.78. The van der Waals surface area contributed by atoms with E-state index in [0.717, 1.165) is 27.2 Å². The van der Waals surface area contributed by atoms with Gasteiger partial charge < -0.3 is 5.32 Å². The van der Waals surface area contributed by atoms with E-state index < -0.39 is 0 Å². The van der Waals surface area contributed by atoms with Crippen LogP contribution in [0.25, 0.3) is 5.69 Å². The highest BCUT2D eigenvalue weighted by atomic mass is 79.9. The van der Waals surface area contributed by atoms with Crippen LogP contribution in [0.2, 0.25) is 5.02 Å². The minimum atomic E-state index is -0.167. The van der Waals surface area contributed by atoms with Gasteiger partial charge in [-0.1, -0.05) is 23.7 Å². The number of aromatic nitrogens is 2. The zero-order chi connectivity index (χ0) is 17.3. The van der Waals surface area contributed by atoms with Crippen molar-refractivity contribution in [3.8, 4) is 5.69 Å². The minimum Gasteiger partial charge on any atom is -0.321 e. The van der Waals surface area contributed by atoms with Gasteiger partial charge >= 0.3 is 0 Å². The van der Waals surface area contributed by atoms with Crippen LogP contribution in [0.5, 0.6) is 0 Å². The highest BCUT2D eigenvalue weighted by Gasteiger charge is 2.12. The Balaban J connectivity index is 1.83. The highest BCUT2D eigenvalue weighted by molar-refractivity contribution is 9.10. The molecular weight excluding hydrogens is 390 g/mol. The monoisotopic (exact) mass is 403 g/mol. The molecule has 0 saturated carbocycles. The number of carbonyl (C=O) groups is 1. The van der Waals surface area contributed by atoms with Crippen LogP contribution in [-0.4, -0.2) is 15.7 Å². The molecule has 0 radical (unpaired) electrons. The maximum absolute atomic E-state index is 12.4. The van der Waals surface area contributed by atoms with Crippen LogP contribution in [0.4, 0.5) is 5.69 Å². The van der Waals surface area contributed by atoms with Gasteiger partial charge in [-0.3, -0.25) is 4.79 Å². The van der Waals surface area contributed by atoms with Gasteiger partial charge in [-0.05, 0) is 66.2 Å². The van der Waals surface area contributed by atoms with Crippen LogP contribution >= 0.6 is 27.5 Å². The van der Waals surface area contributed by atoms with Gasteiger partial charge in [0.15, 0.2) is 0 Å². The van der Waals surface area contributed by atoms with Crippen molar-refractivity contribution in [2.24, 2.45) is 0 Å². The number of rotatable bonds is 3. The Morgan fingerprint density at radius 2 is 1.79 bits per heavy atom. The molecule has 0 bridgehead atoms. The summed E-state index contributed by atoms with van der Waals surface area (Å²) >= 11 is 9.60. The van der Waals surface area contributed by atoms with Crippen LogP contribution in [0.15, 0.2) is 53.0 Å². The quantitative estimate of drug-likeness (QED) is 0.655. The first-order chi connectivity index (χ1) is 11.5. The Kier molecular flexibility index (Phi) is 4.73. The lowest BCUT2D eigenvalue weighted by molar-refractivity contribution is 0.102. The summed E-state index contributed by atoms with van der Waals surface area (Å²) < 4.78 is 2.61. The summed E-state index contributed by atoms with van der Waals surface area (Å²) in [5, 5.41) is 7.95. The Labute approximate surface area is 153 Å². The predicted molar refractivity (Wildman–Crippen MR) is 100 cm³/mol. The summed E-state index contributed by atoms with van der Waals surface area (Å²) in [7, 11) is 0. The summed E-state index contributed by atoms with van der Waals surface area (Å²) in [4.78, 5) is 12.4. The van der Waals surface area contributed by atoms with Crippen LogP contribution in [0.1, 0.15) is 21.7 Å². The van der Waals surface area contributed by atoms with Gasteiger partial charge in [0.25, 0.3) is 5.91 Å². The molecule has 1 N–H and O–H groups in total. The van der Waals surface area contributed by atoms with Crippen molar-refractivity contribution in [2.45, 2.75) is 13.8 Å². The van der Waals surface area contributed by atoms with Gasteiger partial charge in [0, 0.05) is 10.0 Å². The normalized spacial score (nSPS) is 10.7. The average molecular weight is 405 g/mol. The summed E-state index contributed by atoms with van der Waals surface area (Å²) in [5.41, 5.74) is 3.82. The molecule has 0 atom stereocenters. The van der Waals surface area contributed by atoms with E-state index in [2.05, 4.69) is 26.3 Å². The lowest BCUT2D eigenvalue weighted by Crippen LogP contribution is -2.12. The Morgan fingerprint density at radius 3 is 2.38 bits per heavy atom. The zero-order valence-electron chi connectivity index (χ0n) is 13.2. The topological polar surface area (TPSA) is 46.9 Å². The SMILES string of the molecule is Cc1nn(-c2ccc(C(=O)Nc3ccccc3Br)cc2)c(C)c1Cl. The molecule has 1 heterocycles. The van der Waals surface area contributed by atoms with Gasteiger partial charge in [-0.15, -0.1) is 0 Å². The number of nitrogens with zero attached hydrogens (tertiary/aromatic N) is 2. The number of halogens is 2. The van der Waals surface area contributed by atoms with Gasteiger partial charge in [0.1, 0.15) is 0 Å². The van der Waals surface area contributed by atoms with E-state index in [-0.39, 0.29) is 5.91 Å². The lowest BCUT2D eigenvalue weighted by atomic mass is 10.2. The fourth-order valence-corrected chi connectivity index (χ4v) is 2.89. The lowest BCUT2D eigenvalue weighted by Gasteiger charge is -2.08. The smallest absolute Gasteiger partial charge is 0.255 e. The molecule has 3 aromatic rings. The van der Waals surface area contributed by atoms with Crippen molar-refractivity contribution in [1.29, 1.82) is 0 Å². The van der Waals surface area contributed by atoms with E-state index >= 15 is 0 Å². The van der Waals surface area contributed by atoms with Crippen LogP contribution in [0, 0.1) is 13.8 Å². The van der Waals surface area contributed by atoms with Crippen molar-refractivity contribution < 1.29 is 4.79 Å². The second-order valence-corrected chi connectivity index (χ2v) is 6.61. The van der Waals surface area contributed by atoms with Crippen LogP contribution in [-0.2, 0) is 0 Å². The largest absolute Gasteiger partial charge is 0.321 e. The van der Waals surface area contributed by atoms with E-state index in [0.29, 0.717) is 10.6 Å². The third kappa shape index (κ3) is 3.23. The average Bonchev–Trinajstić information content (AvgIpc) is 2.84. The molecular formula is C18H15BrClN3O. The van der Waals surface area contributed by atoms with E-state index in [4.69, 9.17) is 11.6 Å². The first kappa shape index (κ1) is 16.7. The fourth-order valence-electron chi connectivity index (χ4n) is 2.39. The third-order valence-corrected chi connectivity index (χ3v) is 4.94. The molecule has 2 aromatic carbocycles. The first-order valence-corrected chi connectivity index (χ1v) is 8.52. The molecule has 0 fully saturated rings. The summed E-state index contributed by atoms with van der Waals surface area (Å²) in [5.74, 6) is -0.167. The molecule has 1 amide bonds. The number of hydrogen-bond acceptors (Lipinski definition) is 2. The Morgan fingerprint density at radius 1 is 1.12 bits per heavy atom. The molecule has 0 unspecified atom stereocenters. The number of benzene rings is 2. The number of aryl methyl sites for hydroxylation is 1. The molecule has 0 saturated heterocycles. The number of amides is 1. The summed E-state index contributed by atoms with van der Waals surface area (Å²) in [6.07, 6.45) is 0. The molecule has 3 rings (SSSR count). The van der Waals surface area contributed by atoms with Crippen LogP contribution in [0.3, 0.4) is 0 Å². The predicted octanol–water partition coefficient (Wildman–Crippen LogP) is 5.16. The number of hydrogen-bond donors (Lipinski definition) is 1. The number of anilines is 1. The minimum absolute atomic E-state index is 0.167.